The number of hydrogen-bond donors (Lipinski definition) is 4. The molecule has 3 fully saturated rings. The number of carbonyl (C=O) groups excluding carboxylic acids is 3. The lowest BCUT2D eigenvalue weighted by Crippen LogP contribution is -2.46. The zero-order valence-corrected chi connectivity index (χ0v) is 30.0. The highest BCUT2D eigenvalue weighted by Crippen LogP contribution is 2.60. The third-order valence-corrected chi connectivity index (χ3v) is 13.1. The molecule has 0 aliphatic carbocycles. The fourth-order valence-corrected chi connectivity index (χ4v) is 10.8. The minimum atomic E-state index is -2.98. The average Bonchev–Trinajstić information content (AvgIpc) is 3.79. The van der Waals surface area contributed by atoms with Gasteiger partial charge in [-0.25, -0.2) is 0 Å². The van der Waals surface area contributed by atoms with Crippen LogP contribution in [0.4, 0.5) is 11.4 Å². The van der Waals surface area contributed by atoms with Gasteiger partial charge < -0.3 is 35.1 Å². The van der Waals surface area contributed by atoms with E-state index in [4.69, 9.17) is 4.74 Å². The number of aliphatic hydroxyl groups excluding tert-OH is 1. The normalized spacial score (nSPS) is 29.1. The van der Waals surface area contributed by atoms with E-state index in [2.05, 4.69) is 43.6 Å². The van der Waals surface area contributed by atoms with Crippen LogP contribution in [0.2, 0.25) is 18.6 Å². The number of carbonyl (C=O) groups is 3. The van der Waals surface area contributed by atoms with Gasteiger partial charge in [0.1, 0.15) is 0 Å². The Hall–Kier alpha value is -2.83. The third-order valence-electron chi connectivity index (χ3n) is 10.6. The van der Waals surface area contributed by atoms with Crippen LogP contribution in [0.3, 0.4) is 0 Å². The van der Waals surface area contributed by atoms with Gasteiger partial charge in [0.15, 0.2) is 13.9 Å². The Balaban J connectivity index is 1.51. The minimum absolute atomic E-state index is 0.0278. The average molecular weight is 667 g/mol. The number of nitrogens with one attached hydrogen (secondary N) is 2. The van der Waals surface area contributed by atoms with E-state index < -0.39 is 31.5 Å². The maximum atomic E-state index is 14.8. The Bertz CT molecular complexity index is 1410. The molecular weight excluding hydrogens is 613 g/mol. The Morgan fingerprint density at radius 3 is 2.60 bits per heavy atom. The lowest BCUT2D eigenvalue weighted by atomic mass is 9.82. The molecule has 1 spiro atoms. The summed E-state index contributed by atoms with van der Waals surface area (Å²) in [5.41, 5.74) is 2.60. The molecule has 0 unspecified atom stereocenters. The van der Waals surface area contributed by atoms with E-state index in [9.17, 15) is 24.3 Å². The van der Waals surface area contributed by atoms with Gasteiger partial charge in [0, 0.05) is 35.8 Å². The van der Waals surface area contributed by atoms with E-state index in [1.165, 1.54) is 11.1 Å². The van der Waals surface area contributed by atoms with Crippen LogP contribution in [0.5, 0.6) is 0 Å². The Morgan fingerprint density at radius 2 is 1.94 bits per heavy atom. The predicted octanol–water partition coefficient (Wildman–Crippen LogP) is 4.59. The van der Waals surface area contributed by atoms with E-state index in [1.54, 1.807) is 9.80 Å². The van der Waals surface area contributed by atoms with Crippen LogP contribution in [0, 0.1) is 5.92 Å². The first kappa shape index (κ1) is 35.5. The van der Waals surface area contributed by atoms with E-state index in [0.29, 0.717) is 24.3 Å². The second kappa shape index (κ2) is 14.3. The molecule has 0 saturated carbocycles. The summed E-state index contributed by atoms with van der Waals surface area (Å²) in [6, 6.07) is 5.10. The van der Waals surface area contributed by atoms with Crippen LogP contribution in [0.1, 0.15) is 78.2 Å². The SMILES string of the molecule is CC(C)=CCC/C(C)=C/CN1C(=O)[C@@]2(O[C@@H](CC(=O)N3CCC[C@H]3CO)[C@H]([Si](C)(C)O)[C@H]2C)c2cc(NC(=O)[C@H]3CCCN3)ccc21. The molecule has 0 aromatic heterocycles. The lowest BCUT2D eigenvalue weighted by molar-refractivity contribution is -0.149. The van der Waals surface area contributed by atoms with Crippen LogP contribution in [0.25, 0.3) is 0 Å². The van der Waals surface area contributed by atoms with Crippen LogP contribution < -0.4 is 15.5 Å². The molecule has 4 N–H and O–H groups in total. The van der Waals surface area contributed by atoms with Gasteiger partial charge in [0.2, 0.25) is 11.8 Å². The largest absolute Gasteiger partial charge is 0.432 e. The van der Waals surface area contributed by atoms with Crippen molar-refractivity contribution in [3.05, 3.63) is 47.1 Å². The fourth-order valence-electron chi connectivity index (χ4n) is 8.26. The number of ether oxygens (including phenoxy) is 1. The van der Waals surface area contributed by atoms with Crippen LogP contribution in [0.15, 0.2) is 41.5 Å². The van der Waals surface area contributed by atoms with Crippen molar-refractivity contribution in [3.63, 3.8) is 0 Å². The van der Waals surface area contributed by atoms with Crippen molar-refractivity contribution in [3.8, 4) is 0 Å². The molecule has 3 saturated heterocycles. The summed E-state index contributed by atoms with van der Waals surface area (Å²) in [7, 11) is -2.98. The molecule has 47 heavy (non-hydrogen) atoms. The molecule has 0 bridgehead atoms. The van der Waals surface area contributed by atoms with Gasteiger partial charge in [-0.05, 0) is 97.1 Å². The first-order chi connectivity index (χ1) is 22.3. The standard InChI is InChI=1S/C36H54N4O6Si/c1-23(2)10-7-11-24(3)16-19-40-30-15-14-26(38-34(43)29-13-8-17-37-29)20-28(30)36(35(40)44)25(4)33(47(5,6)45)31(46-36)21-32(42)39-18-9-12-27(39)22-41/h10,14-16,20,25,27,29,31,33,37,41,45H,7-9,11-13,17-19,21-22H2,1-6H3,(H,38,43)/b24-16+/t25-,27+,29-,31+,33-,36+/m1/s1. The van der Waals surface area contributed by atoms with Crippen molar-refractivity contribution in [2.45, 2.75) is 115 Å². The zero-order valence-electron chi connectivity index (χ0n) is 29.0. The molecular formula is C36H54N4O6Si. The van der Waals surface area contributed by atoms with Gasteiger partial charge in [0.25, 0.3) is 5.91 Å². The van der Waals surface area contributed by atoms with E-state index in [-0.39, 0.29) is 42.8 Å². The third kappa shape index (κ3) is 7.15. The summed E-state index contributed by atoms with van der Waals surface area (Å²) < 4.78 is 6.91. The number of allylic oxidation sites excluding steroid dienone is 3. The number of fused-ring (bicyclic) bond motifs is 2. The van der Waals surface area contributed by atoms with Gasteiger partial charge in [-0.1, -0.05) is 30.2 Å². The molecule has 1 aromatic rings. The highest BCUT2D eigenvalue weighted by Gasteiger charge is 2.66. The van der Waals surface area contributed by atoms with E-state index >= 15 is 0 Å². The van der Waals surface area contributed by atoms with Crippen molar-refractivity contribution in [1.82, 2.24) is 10.2 Å². The summed E-state index contributed by atoms with van der Waals surface area (Å²) in [6.45, 7) is 13.6. The first-order valence-electron chi connectivity index (χ1n) is 17.4. The number of anilines is 2. The smallest absolute Gasteiger partial charge is 0.264 e. The topological polar surface area (TPSA) is 131 Å². The molecule has 1 aromatic carbocycles. The molecule has 5 rings (SSSR count). The van der Waals surface area contributed by atoms with Crippen molar-refractivity contribution in [2.24, 2.45) is 5.92 Å². The molecule has 4 heterocycles. The molecule has 4 aliphatic heterocycles. The maximum Gasteiger partial charge on any atom is 0.264 e. The minimum Gasteiger partial charge on any atom is -0.432 e. The molecule has 11 heteroatoms. The second-order valence-electron chi connectivity index (χ2n) is 14.8. The predicted molar refractivity (Wildman–Crippen MR) is 186 cm³/mol. The summed E-state index contributed by atoms with van der Waals surface area (Å²) in [5, 5.41) is 16.2. The number of likely N-dealkylation sites (tertiary alicyclic amines) is 1. The number of rotatable bonds is 11. The molecule has 258 valence electrons. The summed E-state index contributed by atoms with van der Waals surface area (Å²) in [6.07, 6.45) is 8.77. The number of hydrogen-bond acceptors (Lipinski definition) is 7. The van der Waals surface area contributed by atoms with Crippen LogP contribution >= 0.6 is 0 Å². The Kier molecular flexibility index (Phi) is 10.8. The van der Waals surface area contributed by atoms with Crippen molar-refractivity contribution < 1.29 is 29.0 Å². The van der Waals surface area contributed by atoms with Crippen molar-refractivity contribution in [2.75, 3.05) is 36.5 Å². The highest BCUT2D eigenvalue weighted by molar-refractivity contribution is 6.71. The van der Waals surface area contributed by atoms with Crippen molar-refractivity contribution in [1.29, 1.82) is 0 Å². The lowest BCUT2D eigenvalue weighted by Gasteiger charge is -2.32. The van der Waals surface area contributed by atoms with Gasteiger partial charge in [0.05, 0.1) is 36.9 Å². The van der Waals surface area contributed by atoms with Crippen LogP contribution in [-0.2, 0) is 24.7 Å². The zero-order chi connectivity index (χ0) is 34.1. The van der Waals surface area contributed by atoms with Crippen molar-refractivity contribution >= 4 is 37.4 Å². The molecule has 10 nitrogen and oxygen atoms in total. The Morgan fingerprint density at radius 1 is 1.17 bits per heavy atom. The van der Waals surface area contributed by atoms with Gasteiger partial charge in [-0.3, -0.25) is 14.4 Å². The molecule has 3 amide bonds. The quantitative estimate of drug-likeness (QED) is 0.201. The van der Waals surface area contributed by atoms with Gasteiger partial charge in [-0.2, -0.15) is 0 Å². The summed E-state index contributed by atoms with van der Waals surface area (Å²) >= 11 is 0. The number of nitrogens with zero attached hydrogens (tertiary/aromatic N) is 2. The van der Waals surface area contributed by atoms with Crippen LogP contribution in [-0.4, -0.2) is 85.3 Å². The number of aliphatic hydroxyl groups is 1. The van der Waals surface area contributed by atoms with E-state index in [1.807, 2.05) is 38.2 Å². The summed E-state index contributed by atoms with van der Waals surface area (Å²) in [5.74, 6) is -0.869. The maximum absolute atomic E-state index is 14.8. The highest BCUT2D eigenvalue weighted by atomic mass is 28.4. The second-order valence-corrected chi connectivity index (χ2v) is 18.8. The first-order valence-corrected chi connectivity index (χ1v) is 20.4. The van der Waals surface area contributed by atoms with Gasteiger partial charge in [-0.15, -0.1) is 0 Å². The summed E-state index contributed by atoms with van der Waals surface area (Å²) in [4.78, 5) is 56.7. The van der Waals surface area contributed by atoms with E-state index in [0.717, 1.165) is 50.8 Å². The molecule has 4 aliphatic rings. The number of benzene rings is 1. The molecule has 6 atom stereocenters. The fraction of sp³-hybridized carbons (Fsp3) is 0.639. The number of amides is 3. The molecule has 0 radical (unpaired) electrons. The van der Waals surface area contributed by atoms with Gasteiger partial charge >= 0.3 is 0 Å². The monoisotopic (exact) mass is 666 g/mol. The Labute approximate surface area is 280 Å².